The minimum atomic E-state index is -0.415. The van der Waals surface area contributed by atoms with Gasteiger partial charge in [-0.3, -0.25) is 25.2 Å². The van der Waals surface area contributed by atoms with Gasteiger partial charge in [-0.25, -0.2) is 0 Å². The lowest BCUT2D eigenvalue weighted by Gasteiger charge is -2.15. The number of nitrogens with zero attached hydrogens (tertiary/aromatic N) is 1. The fourth-order valence-electron chi connectivity index (χ4n) is 3.06. The van der Waals surface area contributed by atoms with Crippen molar-refractivity contribution in [1.29, 1.82) is 0 Å². The number of ether oxygens (including phenoxy) is 1. The number of likely N-dealkylation sites (tertiary alicyclic amines) is 1. The van der Waals surface area contributed by atoms with Crippen LogP contribution in [0.2, 0.25) is 5.02 Å². The van der Waals surface area contributed by atoms with Gasteiger partial charge in [0.1, 0.15) is 12.4 Å². The van der Waals surface area contributed by atoms with Crippen molar-refractivity contribution in [3.05, 3.63) is 64.2 Å². The molecule has 7 nitrogen and oxygen atoms in total. The zero-order chi connectivity index (χ0) is 21.5. The van der Waals surface area contributed by atoms with Gasteiger partial charge >= 0.3 is 0 Å². The van der Waals surface area contributed by atoms with Crippen LogP contribution in [0.1, 0.15) is 40.7 Å². The first kappa shape index (κ1) is 21.6. The topological polar surface area (TPSA) is 87.7 Å². The van der Waals surface area contributed by atoms with E-state index in [1.165, 1.54) is 0 Å². The number of halogens is 1. The Kier molecular flexibility index (Phi) is 7.30. The summed E-state index contributed by atoms with van der Waals surface area (Å²) in [6, 6.07) is 12.4. The first-order valence-corrected chi connectivity index (χ1v) is 10.1. The molecule has 0 atom stereocenters. The predicted octanol–water partition coefficient (Wildman–Crippen LogP) is 3.00. The van der Waals surface area contributed by atoms with E-state index in [9.17, 15) is 14.4 Å². The normalized spacial score (nSPS) is 13.3. The molecule has 0 bridgehead atoms. The molecule has 2 N–H and O–H groups in total. The monoisotopic (exact) mass is 429 g/mol. The van der Waals surface area contributed by atoms with E-state index in [-0.39, 0.29) is 18.2 Å². The number of benzene rings is 2. The van der Waals surface area contributed by atoms with Crippen molar-refractivity contribution in [1.82, 2.24) is 15.8 Å². The van der Waals surface area contributed by atoms with Crippen molar-refractivity contribution in [3.8, 4) is 5.75 Å². The molecule has 1 fully saturated rings. The molecule has 30 heavy (non-hydrogen) atoms. The summed E-state index contributed by atoms with van der Waals surface area (Å²) in [5.74, 6) is 0.0342. The third-order valence-electron chi connectivity index (χ3n) is 4.85. The van der Waals surface area contributed by atoms with Gasteiger partial charge in [-0.15, -0.1) is 0 Å². The van der Waals surface area contributed by atoms with Gasteiger partial charge in [0.05, 0.1) is 0 Å². The number of nitrogens with one attached hydrogen (secondary N) is 2. The summed E-state index contributed by atoms with van der Waals surface area (Å²) in [7, 11) is 0. The predicted molar refractivity (Wildman–Crippen MR) is 113 cm³/mol. The van der Waals surface area contributed by atoms with E-state index in [1.807, 2.05) is 13.0 Å². The lowest BCUT2D eigenvalue weighted by atomic mass is 10.1. The van der Waals surface area contributed by atoms with E-state index in [0.717, 1.165) is 23.3 Å². The summed E-state index contributed by atoms with van der Waals surface area (Å²) in [4.78, 5) is 37.3. The van der Waals surface area contributed by atoms with E-state index in [1.54, 1.807) is 41.3 Å². The van der Waals surface area contributed by atoms with Crippen LogP contribution in [-0.2, 0) is 16.2 Å². The van der Waals surface area contributed by atoms with E-state index < -0.39 is 5.91 Å². The van der Waals surface area contributed by atoms with E-state index in [0.29, 0.717) is 36.7 Å². The maximum absolute atomic E-state index is 12.2. The van der Waals surface area contributed by atoms with Crippen LogP contribution in [0.25, 0.3) is 0 Å². The quantitative estimate of drug-likeness (QED) is 0.662. The van der Waals surface area contributed by atoms with Crippen molar-refractivity contribution in [3.63, 3.8) is 0 Å². The number of aryl methyl sites for hydroxylation is 1. The van der Waals surface area contributed by atoms with Crippen LogP contribution in [0.5, 0.6) is 5.75 Å². The Morgan fingerprint density at radius 2 is 1.90 bits per heavy atom. The van der Waals surface area contributed by atoms with Crippen LogP contribution in [0.3, 0.4) is 0 Å². The number of hydrazine groups is 1. The van der Waals surface area contributed by atoms with Gasteiger partial charge in [0, 0.05) is 36.5 Å². The Morgan fingerprint density at radius 1 is 1.13 bits per heavy atom. The van der Waals surface area contributed by atoms with Gasteiger partial charge < -0.3 is 9.64 Å². The van der Waals surface area contributed by atoms with Gasteiger partial charge in [0.2, 0.25) is 11.8 Å². The minimum Gasteiger partial charge on any atom is -0.489 e. The van der Waals surface area contributed by atoms with E-state index in [2.05, 4.69) is 10.9 Å². The third-order valence-corrected chi connectivity index (χ3v) is 5.27. The Hall–Kier alpha value is -3.06. The van der Waals surface area contributed by atoms with Crippen molar-refractivity contribution in [2.24, 2.45) is 0 Å². The van der Waals surface area contributed by atoms with Crippen LogP contribution in [0.4, 0.5) is 0 Å². The molecular weight excluding hydrogens is 406 g/mol. The maximum Gasteiger partial charge on any atom is 0.269 e. The molecule has 2 aromatic rings. The van der Waals surface area contributed by atoms with Crippen LogP contribution in [0.15, 0.2) is 42.5 Å². The number of amides is 3. The molecule has 0 aromatic heterocycles. The molecule has 0 aliphatic carbocycles. The summed E-state index contributed by atoms with van der Waals surface area (Å²) in [6.45, 7) is 3.32. The fraction of sp³-hybridized carbons (Fsp3) is 0.318. The van der Waals surface area contributed by atoms with Gasteiger partial charge in [-0.2, -0.15) is 0 Å². The summed E-state index contributed by atoms with van der Waals surface area (Å²) in [5, 5.41) is 0.689. The first-order valence-electron chi connectivity index (χ1n) is 9.77. The minimum absolute atomic E-state index is 0.0714. The lowest BCUT2D eigenvalue weighted by molar-refractivity contribution is -0.128. The number of hydrogen-bond acceptors (Lipinski definition) is 4. The number of hydrogen-bond donors (Lipinski definition) is 2. The fourth-order valence-corrected chi connectivity index (χ4v) is 3.18. The molecular formula is C22H24ClN3O4. The summed E-state index contributed by atoms with van der Waals surface area (Å²) in [6.07, 6.45) is 1.52. The molecule has 3 rings (SSSR count). The summed E-state index contributed by atoms with van der Waals surface area (Å²) < 4.78 is 5.74. The molecule has 3 amide bonds. The van der Waals surface area contributed by atoms with Crippen LogP contribution in [-0.4, -0.2) is 35.7 Å². The Labute approximate surface area is 180 Å². The number of carbonyl (C=O) groups is 3. The van der Waals surface area contributed by atoms with Crippen molar-refractivity contribution < 1.29 is 19.1 Å². The van der Waals surface area contributed by atoms with Crippen LogP contribution < -0.4 is 15.6 Å². The van der Waals surface area contributed by atoms with Crippen molar-refractivity contribution >= 4 is 29.3 Å². The number of rotatable bonds is 7. The molecule has 0 spiro atoms. The zero-order valence-corrected chi connectivity index (χ0v) is 17.5. The molecule has 1 aliphatic rings. The second-order valence-corrected chi connectivity index (χ2v) is 7.54. The Morgan fingerprint density at radius 3 is 2.57 bits per heavy atom. The summed E-state index contributed by atoms with van der Waals surface area (Å²) in [5.41, 5.74) is 7.02. The van der Waals surface area contributed by atoms with Gasteiger partial charge in [0.15, 0.2) is 0 Å². The molecule has 2 aromatic carbocycles. The second-order valence-electron chi connectivity index (χ2n) is 7.13. The van der Waals surface area contributed by atoms with E-state index >= 15 is 0 Å². The standard InChI is InChI=1S/C22H24ClN3O4/c1-15-13-18(8-9-19(15)23)30-14-16-4-6-17(7-5-16)22(29)25-24-20(27)10-12-26-11-2-3-21(26)28/h4-9,13H,2-3,10-12,14H2,1H3,(H,24,27)(H,25,29). The molecule has 0 radical (unpaired) electrons. The molecule has 158 valence electrons. The van der Waals surface area contributed by atoms with Gasteiger partial charge in [0.25, 0.3) is 5.91 Å². The smallest absolute Gasteiger partial charge is 0.269 e. The molecule has 8 heteroatoms. The van der Waals surface area contributed by atoms with Crippen molar-refractivity contribution in [2.75, 3.05) is 13.1 Å². The first-order chi connectivity index (χ1) is 14.4. The molecule has 0 saturated carbocycles. The van der Waals surface area contributed by atoms with Crippen LogP contribution >= 0.6 is 11.6 Å². The zero-order valence-electron chi connectivity index (χ0n) is 16.7. The molecule has 0 unspecified atom stereocenters. The molecule has 1 aliphatic heterocycles. The lowest BCUT2D eigenvalue weighted by Crippen LogP contribution is -2.43. The summed E-state index contributed by atoms with van der Waals surface area (Å²) >= 11 is 6.01. The molecule has 1 heterocycles. The van der Waals surface area contributed by atoms with Gasteiger partial charge in [-0.1, -0.05) is 23.7 Å². The Bertz CT molecular complexity index is 930. The van der Waals surface area contributed by atoms with Crippen molar-refractivity contribution in [2.45, 2.75) is 32.8 Å². The average molecular weight is 430 g/mol. The van der Waals surface area contributed by atoms with Gasteiger partial charge in [-0.05, 0) is 54.8 Å². The average Bonchev–Trinajstić information content (AvgIpc) is 3.16. The molecule has 1 saturated heterocycles. The highest BCUT2D eigenvalue weighted by Gasteiger charge is 2.20. The maximum atomic E-state index is 12.2. The highest BCUT2D eigenvalue weighted by molar-refractivity contribution is 6.31. The second kappa shape index (κ2) is 10.1. The highest BCUT2D eigenvalue weighted by Crippen LogP contribution is 2.22. The SMILES string of the molecule is Cc1cc(OCc2ccc(C(=O)NNC(=O)CCN3CCCC3=O)cc2)ccc1Cl. The van der Waals surface area contributed by atoms with Crippen LogP contribution in [0, 0.1) is 6.92 Å². The third kappa shape index (κ3) is 5.97. The highest BCUT2D eigenvalue weighted by atomic mass is 35.5. The largest absolute Gasteiger partial charge is 0.489 e. The Balaban J connectivity index is 1.42. The number of carbonyl (C=O) groups excluding carboxylic acids is 3. The van der Waals surface area contributed by atoms with E-state index in [4.69, 9.17) is 16.3 Å².